The minimum absolute atomic E-state index is 0.0413. The van der Waals surface area contributed by atoms with Gasteiger partial charge in [0, 0.05) is 25.8 Å². The van der Waals surface area contributed by atoms with Crippen molar-refractivity contribution in [1.29, 1.82) is 5.26 Å². The lowest BCUT2D eigenvalue weighted by Gasteiger charge is -2.23. The number of likely N-dealkylation sites (N-methyl/N-ethyl adjacent to an activating group) is 1. The zero-order valence-electron chi connectivity index (χ0n) is 11.9. The molecule has 1 aliphatic rings. The van der Waals surface area contributed by atoms with E-state index in [1.807, 2.05) is 11.0 Å². The number of carbonyl (C=O) groups is 2. The minimum Gasteiger partial charge on any atom is -0.478 e. The van der Waals surface area contributed by atoms with Crippen molar-refractivity contribution in [2.24, 2.45) is 0 Å². The van der Waals surface area contributed by atoms with Gasteiger partial charge in [0.05, 0.1) is 24.6 Å². The van der Waals surface area contributed by atoms with E-state index < -0.39 is 5.97 Å². The Morgan fingerprint density at radius 1 is 1.48 bits per heavy atom. The summed E-state index contributed by atoms with van der Waals surface area (Å²) in [4.78, 5) is 26.5. The number of rotatable bonds is 5. The molecule has 0 saturated heterocycles. The van der Waals surface area contributed by atoms with Crippen molar-refractivity contribution in [2.45, 2.75) is 12.8 Å². The Morgan fingerprint density at radius 3 is 2.90 bits per heavy atom. The normalized spacial score (nSPS) is 12.7. The molecule has 0 aliphatic carbocycles. The first-order valence-electron chi connectivity index (χ1n) is 6.75. The van der Waals surface area contributed by atoms with E-state index in [1.54, 1.807) is 30.1 Å². The fourth-order valence-corrected chi connectivity index (χ4v) is 2.39. The highest BCUT2D eigenvalue weighted by molar-refractivity contribution is 5.89. The SMILES string of the molecule is CN(CCC#N)C(=O)CN1CCc2cc(C(=O)O)ccc21. The van der Waals surface area contributed by atoms with Crippen LogP contribution in [0.25, 0.3) is 0 Å². The van der Waals surface area contributed by atoms with Crippen LogP contribution >= 0.6 is 0 Å². The van der Waals surface area contributed by atoms with E-state index >= 15 is 0 Å². The zero-order valence-corrected chi connectivity index (χ0v) is 11.9. The molecule has 0 radical (unpaired) electrons. The number of aromatic carboxylic acids is 1. The number of carboxylic acids is 1. The second-order valence-electron chi connectivity index (χ2n) is 5.04. The fraction of sp³-hybridized carbons (Fsp3) is 0.400. The van der Waals surface area contributed by atoms with Gasteiger partial charge in [0.1, 0.15) is 0 Å². The fourth-order valence-electron chi connectivity index (χ4n) is 2.39. The van der Waals surface area contributed by atoms with Crippen molar-refractivity contribution in [2.75, 3.05) is 31.6 Å². The number of hydrogen-bond acceptors (Lipinski definition) is 4. The Morgan fingerprint density at radius 2 is 2.24 bits per heavy atom. The van der Waals surface area contributed by atoms with Crippen LogP contribution in [-0.4, -0.2) is 48.6 Å². The number of hydrogen-bond donors (Lipinski definition) is 1. The second kappa shape index (κ2) is 6.27. The van der Waals surface area contributed by atoms with Crippen molar-refractivity contribution in [3.05, 3.63) is 29.3 Å². The Labute approximate surface area is 123 Å². The Hall–Kier alpha value is -2.55. The number of carbonyl (C=O) groups excluding carboxylic acids is 1. The van der Waals surface area contributed by atoms with E-state index in [2.05, 4.69) is 0 Å². The molecule has 0 atom stereocenters. The highest BCUT2D eigenvalue weighted by Gasteiger charge is 2.23. The monoisotopic (exact) mass is 287 g/mol. The summed E-state index contributed by atoms with van der Waals surface area (Å²) in [5.41, 5.74) is 2.15. The Balaban J connectivity index is 2.04. The van der Waals surface area contributed by atoms with Gasteiger partial charge in [-0.2, -0.15) is 5.26 Å². The average Bonchev–Trinajstić information content (AvgIpc) is 2.86. The number of nitriles is 1. The average molecular weight is 287 g/mol. The van der Waals surface area contributed by atoms with Crippen LogP contribution in [0, 0.1) is 11.3 Å². The number of benzene rings is 1. The van der Waals surface area contributed by atoms with Gasteiger partial charge < -0.3 is 14.9 Å². The lowest BCUT2D eigenvalue weighted by Crippen LogP contribution is -2.38. The molecule has 21 heavy (non-hydrogen) atoms. The third-order valence-electron chi connectivity index (χ3n) is 3.63. The number of fused-ring (bicyclic) bond motifs is 1. The van der Waals surface area contributed by atoms with Crippen LogP contribution in [0.4, 0.5) is 5.69 Å². The molecule has 1 N–H and O–H groups in total. The molecule has 1 aliphatic heterocycles. The van der Waals surface area contributed by atoms with Gasteiger partial charge in [0.15, 0.2) is 0 Å². The molecule has 0 saturated carbocycles. The molecule has 6 heteroatoms. The molecular formula is C15H17N3O3. The van der Waals surface area contributed by atoms with Crippen LogP contribution in [0.5, 0.6) is 0 Å². The topological polar surface area (TPSA) is 84.6 Å². The van der Waals surface area contributed by atoms with E-state index in [0.717, 1.165) is 17.7 Å². The molecule has 1 heterocycles. The summed E-state index contributed by atoms with van der Waals surface area (Å²) < 4.78 is 0. The molecule has 0 unspecified atom stereocenters. The third-order valence-corrected chi connectivity index (χ3v) is 3.63. The molecule has 1 amide bonds. The van der Waals surface area contributed by atoms with Gasteiger partial charge in [0.2, 0.25) is 5.91 Å². The molecule has 1 aromatic carbocycles. The van der Waals surface area contributed by atoms with Crippen LogP contribution in [0.1, 0.15) is 22.3 Å². The van der Waals surface area contributed by atoms with Crippen LogP contribution in [0.2, 0.25) is 0 Å². The van der Waals surface area contributed by atoms with Gasteiger partial charge in [-0.3, -0.25) is 4.79 Å². The van der Waals surface area contributed by atoms with Crippen molar-refractivity contribution in [1.82, 2.24) is 4.90 Å². The largest absolute Gasteiger partial charge is 0.478 e. The van der Waals surface area contributed by atoms with Gasteiger partial charge in [0.25, 0.3) is 0 Å². The molecule has 1 aromatic rings. The Kier molecular flexibility index (Phi) is 4.43. The quantitative estimate of drug-likeness (QED) is 0.877. The summed E-state index contributed by atoms with van der Waals surface area (Å²) in [5, 5.41) is 17.5. The first-order chi connectivity index (χ1) is 10.0. The smallest absolute Gasteiger partial charge is 0.335 e. The summed E-state index contributed by atoms with van der Waals surface area (Å²) in [6, 6.07) is 7.00. The zero-order chi connectivity index (χ0) is 15.4. The van der Waals surface area contributed by atoms with E-state index in [1.165, 1.54) is 0 Å². The molecule has 0 fully saturated rings. The summed E-state index contributed by atoms with van der Waals surface area (Å²) in [6.07, 6.45) is 1.06. The maximum Gasteiger partial charge on any atom is 0.335 e. The highest BCUT2D eigenvalue weighted by atomic mass is 16.4. The van der Waals surface area contributed by atoms with E-state index in [9.17, 15) is 9.59 Å². The maximum atomic E-state index is 12.1. The molecule has 6 nitrogen and oxygen atoms in total. The van der Waals surface area contributed by atoms with Crippen LogP contribution < -0.4 is 4.90 Å². The summed E-state index contributed by atoms with van der Waals surface area (Å²) in [6.45, 7) is 1.38. The van der Waals surface area contributed by atoms with Crippen LogP contribution in [0.15, 0.2) is 18.2 Å². The standard InChI is InChI=1S/C15H17N3O3/c1-17(7-2-6-16)14(19)10-18-8-5-11-9-12(15(20)21)3-4-13(11)18/h3-4,9H,2,5,7-8,10H2,1H3,(H,20,21). The second-order valence-corrected chi connectivity index (χ2v) is 5.04. The van der Waals surface area contributed by atoms with Crippen LogP contribution in [0.3, 0.4) is 0 Å². The molecule has 110 valence electrons. The molecule has 0 bridgehead atoms. The van der Waals surface area contributed by atoms with Crippen molar-refractivity contribution in [3.8, 4) is 6.07 Å². The molecule has 0 spiro atoms. The lowest BCUT2D eigenvalue weighted by atomic mass is 10.1. The summed E-state index contributed by atoms with van der Waals surface area (Å²) in [5.74, 6) is -0.982. The maximum absolute atomic E-state index is 12.1. The van der Waals surface area contributed by atoms with Gasteiger partial charge in [-0.1, -0.05) is 0 Å². The lowest BCUT2D eigenvalue weighted by molar-refractivity contribution is -0.128. The highest BCUT2D eigenvalue weighted by Crippen LogP contribution is 2.28. The number of nitrogens with zero attached hydrogens (tertiary/aromatic N) is 3. The van der Waals surface area contributed by atoms with Gasteiger partial charge >= 0.3 is 5.97 Å². The van der Waals surface area contributed by atoms with Gasteiger partial charge in [-0.05, 0) is 30.2 Å². The first-order valence-corrected chi connectivity index (χ1v) is 6.75. The molecule has 2 rings (SSSR count). The summed E-state index contributed by atoms with van der Waals surface area (Å²) in [7, 11) is 1.68. The Bertz CT molecular complexity index is 607. The van der Waals surface area contributed by atoms with E-state index in [-0.39, 0.29) is 18.0 Å². The van der Waals surface area contributed by atoms with E-state index in [4.69, 9.17) is 10.4 Å². The predicted molar refractivity (Wildman–Crippen MR) is 77.2 cm³/mol. The van der Waals surface area contributed by atoms with Gasteiger partial charge in [-0.15, -0.1) is 0 Å². The number of amides is 1. The van der Waals surface area contributed by atoms with Crippen molar-refractivity contribution in [3.63, 3.8) is 0 Å². The van der Waals surface area contributed by atoms with Gasteiger partial charge in [-0.25, -0.2) is 4.79 Å². The van der Waals surface area contributed by atoms with Crippen LogP contribution in [-0.2, 0) is 11.2 Å². The number of carboxylic acid groups (broad SMARTS) is 1. The summed E-state index contributed by atoms with van der Waals surface area (Å²) >= 11 is 0. The predicted octanol–water partition coefficient (Wildman–Crippen LogP) is 1.12. The van der Waals surface area contributed by atoms with E-state index in [0.29, 0.717) is 19.5 Å². The van der Waals surface area contributed by atoms with Crippen molar-refractivity contribution < 1.29 is 14.7 Å². The molecule has 0 aromatic heterocycles. The van der Waals surface area contributed by atoms with Crippen molar-refractivity contribution >= 4 is 17.6 Å². The minimum atomic E-state index is -0.941. The first kappa shape index (κ1) is 14.9. The third kappa shape index (κ3) is 3.31. The number of anilines is 1. The molecular weight excluding hydrogens is 270 g/mol.